The summed E-state index contributed by atoms with van der Waals surface area (Å²) in [6.07, 6.45) is 9.07. The lowest BCUT2D eigenvalue weighted by Crippen LogP contribution is -2.37. The number of nitrogens with one attached hydrogen (secondary N) is 2. The van der Waals surface area contributed by atoms with Crippen molar-refractivity contribution in [3.8, 4) is 11.1 Å². The third-order valence-electron chi connectivity index (χ3n) is 8.21. The summed E-state index contributed by atoms with van der Waals surface area (Å²) in [4.78, 5) is 4.82. The summed E-state index contributed by atoms with van der Waals surface area (Å²) in [5.74, 6) is 2.35. The lowest BCUT2D eigenvalue weighted by Gasteiger charge is -2.36. The molecule has 8 heteroatoms. The SMILES string of the molecule is O=S(=O)(c1ccccc1)n1cc(-c2cc(Cl)nc(NC3CCC(C4CCCNC4)CC3)c2)c2ccccc21. The Morgan fingerprint density at radius 1 is 0.921 bits per heavy atom. The molecule has 1 aliphatic carbocycles. The van der Waals surface area contributed by atoms with Gasteiger partial charge in [0, 0.05) is 23.2 Å². The molecule has 6 nitrogen and oxygen atoms in total. The van der Waals surface area contributed by atoms with E-state index in [-0.39, 0.29) is 4.90 Å². The van der Waals surface area contributed by atoms with Gasteiger partial charge in [0.1, 0.15) is 11.0 Å². The summed E-state index contributed by atoms with van der Waals surface area (Å²) in [7, 11) is -3.76. The number of hydrogen-bond acceptors (Lipinski definition) is 5. The number of nitrogens with zero attached hydrogens (tertiary/aromatic N) is 2. The van der Waals surface area contributed by atoms with Crippen molar-refractivity contribution < 1.29 is 8.42 Å². The molecular weight excluding hydrogens is 516 g/mol. The minimum absolute atomic E-state index is 0.252. The number of para-hydroxylation sites is 1. The number of piperidine rings is 1. The number of benzene rings is 2. The number of aromatic nitrogens is 2. The molecule has 1 aliphatic heterocycles. The van der Waals surface area contributed by atoms with Crippen LogP contribution >= 0.6 is 11.6 Å². The highest BCUT2D eigenvalue weighted by atomic mass is 35.5. The summed E-state index contributed by atoms with van der Waals surface area (Å²) in [5.41, 5.74) is 2.28. The van der Waals surface area contributed by atoms with Crippen LogP contribution < -0.4 is 10.6 Å². The van der Waals surface area contributed by atoms with Gasteiger partial charge in [0.15, 0.2) is 0 Å². The van der Waals surface area contributed by atoms with Gasteiger partial charge in [-0.2, -0.15) is 0 Å². The predicted octanol–water partition coefficient (Wildman–Crippen LogP) is 6.56. The highest BCUT2D eigenvalue weighted by Gasteiger charge is 2.29. The number of anilines is 1. The fraction of sp³-hybridized carbons (Fsp3) is 0.367. The van der Waals surface area contributed by atoms with E-state index in [0.717, 1.165) is 60.1 Å². The lowest BCUT2D eigenvalue weighted by atomic mass is 9.75. The number of hydrogen-bond donors (Lipinski definition) is 2. The summed E-state index contributed by atoms with van der Waals surface area (Å²) in [6, 6.07) is 20.2. The van der Waals surface area contributed by atoms with Crippen molar-refractivity contribution in [1.82, 2.24) is 14.3 Å². The Labute approximate surface area is 229 Å². The zero-order chi connectivity index (χ0) is 26.1. The molecule has 2 aromatic carbocycles. The number of pyridine rings is 1. The van der Waals surface area contributed by atoms with Gasteiger partial charge in [-0.3, -0.25) is 0 Å². The highest BCUT2D eigenvalue weighted by molar-refractivity contribution is 7.90. The summed E-state index contributed by atoms with van der Waals surface area (Å²) < 4.78 is 28.4. The Morgan fingerprint density at radius 3 is 2.45 bits per heavy atom. The Hall–Kier alpha value is -2.87. The Morgan fingerprint density at radius 2 is 1.68 bits per heavy atom. The average Bonchev–Trinajstić information content (AvgIpc) is 3.35. The first-order valence-electron chi connectivity index (χ1n) is 13.5. The molecule has 0 spiro atoms. The molecular formula is C30H33ClN4O2S. The maximum absolute atomic E-state index is 13.5. The number of fused-ring (bicyclic) bond motifs is 1. The van der Waals surface area contributed by atoms with E-state index in [1.807, 2.05) is 36.4 Å². The molecule has 0 radical (unpaired) electrons. The molecule has 0 amide bonds. The lowest BCUT2D eigenvalue weighted by molar-refractivity contribution is 0.201. The van der Waals surface area contributed by atoms with E-state index in [4.69, 9.17) is 11.6 Å². The highest BCUT2D eigenvalue weighted by Crippen LogP contribution is 2.37. The molecule has 2 aliphatic rings. The predicted molar refractivity (Wildman–Crippen MR) is 154 cm³/mol. The molecule has 38 heavy (non-hydrogen) atoms. The molecule has 2 aromatic heterocycles. The van der Waals surface area contributed by atoms with Crippen LogP contribution in [0.25, 0.3) is 22.0 Å². The molecule has 1 saturated heterocycles. The van der Waals surface area contributed by atoms with Crippen molar-refractivity contribution in [1.29, 1.82) is 0 Å². The Balaban J connectivity index is 1.27. The van der Waals surface area contributed by atoms with E-state index in [9.17, 15) is 8.42 Å². The number of rotatable bonds is 6. The molecule has 3 heterocycles. The van der Waals surface area contributed by atoms with Crippen LogP contribution in [0.2, 0.25) is 5.15 Å². The average molecular weight is 549 g/mol. The summed E-state index contributed by atoms with van der Waals surface area (Å²) in [5, 5.41) is 8.43. The van der Waals surface area contributed by atoms with Crippen LogP contribution in [0.4, 0.5) is 5.82 Å². The topological polar surface area (TPSA) is 76.0 Å². The molecule has 4 aromatic rings. The standard InChI is InChI=1S/C30H33ClN4O2S/c31-29-17-23(18-30(34-29)33-24-14-12-21(13-15-24)22-7-6-16-32-19-22)27-20-35(28-11-5-4-10-26(27)28)38(36,37)25-8-2-1-3-9-25/h1-5,8-11,17-18,20-22,24,32H,6-7,12-16,19H2,(H,33,34). The zero-order valence-corrected chi connectivity index (χ0v) is 22.9. The minimum Gasteiger partial charge on any atom is -0.367 e. The second-order valence-electron chi connectivity index (χ2n) is 10.6. The van der Waals surface area contributed by atoms with Gasteiger partial charge in [0.25, 0.3) is 10.0 Å². The van der Waals surface area contributed by atoms with Crippen LogP contribution in [0.1, 0.15) is 38.5 Å². The van der Waals surface area contributed by atoms with Crippen LogP contribution in [0.3, 0.4) is 0 Å². The van der Waals surface area contributed by atoms with Crippen molar-refractivity contribution in [3.05, 3.63) is 78.1 Å². The second kappa shape index (κ2) is 10.7. The van der Waals surface area contributed by atoms with Crippen molar-refractivity contribution in [2.75, 3.05) is 18.4 Å². The fourth-order valence-electron chi connectivity index (χ4n) is 6.24. The Kier molecular flexibility index (Phi) is 7.16. The first kappa shape index (κ1) is 25.4. The van der Waals surface area contributed by atoms with Gasteiger partial charge >= 0.3 is 0 Å². The molecule has 1 saturated carbocycles. The molecule has 198 valence electrons. The van der Waals surface area contributed by atoms with Crippen molar-refractivity contribution in [3.63, 3.8) is 0 Å². The third kappa shape index (κ3) is 5.07. The van der Waals surface area contributed by atoms with E-state index >= 15 is 0 Å². The number of halogens is 1. The van der Waals surface area contributed by atoms with Gasteiger partial charge in [0.2, 0.25) is 0 Å². The van der Waals surface area contributed by atoms with Gasteiger partial charge in [-0.15, -0.1) is 0 Å². The van der Waals surface area contributed by atoms with E-state index in [1.54, 1.807) is 36.5 Å². The fourth-order valence-corrected chi connectivity index (χ4v) is 7.84. The van der Waals surface area contributed by atoms with Crippen molar-refractivity contribution >= 4 is 38.3 Å². The summed E-state index contributed by atoms with van der Waals surface area (Å²) in [6.45, 7) is 2.32. The van der Waals surface area contributed by atoms with Crippen LogP contribution in [-0.4, -0.2) is 36.5 Å². The van der Waals surface area contributed by atoms with E-state index < -0.39 is 10.0 Å². The molecule has 6 rings (SSSR count). The van der Waals surface area contributed by atoms with Gasteiger partial charge in [0.05, 0.1) is 10.4 Å². The molecule has 0 bridgehead atoms. The summed E-state index contributed by atoms with van der Waals surface area (Å²) >= 11 is 6.50. The smallest absolute Gasteiger partial charge is 0.268 e. The molecule has 1 atom stereocenters. The van der Waals surface area contributed by atoms with Crippen molar-refractivity contribution in [2.24, 2.45) is 11.8 Å². The van der Waals surface area contributed by atoms with E-state index in [0.29, 0.717) is 16.7 Å². The molecule has 2 N–H and O–H groups in total. The van der Waals surface area contributed by atoms with Gasteiger partial charge in [-0.25, -0.2) is 17.4 Å². The third-order valence-corrected chi connectivity index (χ3v) is 10.1. The van der Waals surface area contributed by atoms with Gasteiger partial charge in [-0.1, -0.05) is 48.0 Å². The normalized spacial score (nSPS) is 22.4. The first-order valence-corrected chi connectivity index (χ1v) is 15.4. The maximum Gasteiger partial charge on any atom is 0.268 e. The van der Waals surface area contributed by atoms with Crippen LogP contribution in [0, 0.1) is 11.8 Å². The van der Waals surface area contributed by atoms with Crippen molar-refractivity contribution in [2.45, 2.75) is 49.5 Å². The quantitative estimate of drug-likeness (QED) is 0.267. The molecule has 1 unspecified atom stereocenters. The Bertz CT molecular complexity index is 1520. The second-order valence-corrected chi connectivity index (χ2v) is 12.8. The van der Waals surface area contributed by atoms with Gasteiger partial charge in [-0.05, 0) is 99.3 Å². The van der Waals surface area contributed by atoms with Crippen LogP contribution in [0.15, 0.2) is 77.8 Å². The largest absolute Gasteiger partial charge is 0.367 e. The van der Waals surface area contributed by atoms with Crippen LogP contribution in [0.5, 0.6) is 0 Å². The monoisotopic (exact) mass is 548 g/mol. The minimum atomic E-state index is -3.76. The maximum atomic E-state index is 13.5. The van der Waals surface area contributed by atoms with E-state index in [2.05, 4.69) is 15.6 Å². The first-order chi connectivity index (χ1) is 18.5. The van der Waals surface area contributed by atoms with Gasteiger partial charge < -0.3 is 10.6 Å². The zero-order valence-electron chi connectivity index (χ0n) is 21.3. The van der Waals surface area contributed by atoms with Crippen LogP contribution in [-0.2, 0) is 10.0 Å². The van der Waals surface area contributed by atoms with E-state index in [1.165, 1.54) is 29.7 Å². The molecule has 2 fully saturated rings.